The number of rotatable bonds is 4. The molecule has 1 aliphatic rings. The van der Waals surface area contributed by atoms with Gasteiger partial charge in [0.15, 0.2) is 0 Å². The van der Waals surface area contributed by atoms with Crippen LogP contribution in [0.1, 0.15) is 46.5 Å². The number of aliphatic hydroxyl groups is 1. The minimum atomic E-state index is -0.236. The number of nitrogens with one attached hydrogen (secondary N) is 2. The Kier molecular flexibility index (Phi) is 5.88. The predicted octanol–water partition coefficient (Wildman–Crippen LogP) is 3.54. The number of anilines is 1. The van der Waals surface area contributed by atoms with Crippen molar-refractivity contribution in [3.05, 3.63) is 24.3 Å². The van der Waals surface area contributed by atoms with Crippen LogP contribution in [0.25, 0.3) is 0 Å². The summed E-state index contributed by atoms with van der Waals surface area (Å²) < 4.78 is 5.76. The lowest BCUT2D eigenvalue weighted by atomic mass is 9.87. The van der Waals surface area contributed by atoms with Gasteiger partial charge in [-0.25, -0.2) is 4.79 Å². The molecule has 23 heavy (non-hydrogen) atoms. The Morgan fingerprint density at radius 1 is 1.17 bits per heavy atom. The molecule has 0 atom stereocenters. The summed E-state index contributed by atoms with van der Waals surface area (Å²) in [6, 6.07) is 7.40. The van der Waals surface area contributed by atoms with E-state index in [2.05, 4.69) is 10.6 Å². The normalized spacial score (nSPS) is 21.6. The number of ether oxygens (including phenoxy) is 1. The zero-order chi connectivity index (χ0) is 16.9. The van der Waals surface area contributed by atoms with Crippen molar-refractivity contribution in [2.45, 2.75) is 58.1 Å². The minimum Gasteiger partial charge on any atom is -0.488 e. The zero-order valence-electron chi connectivity index (χ0n) is 14.3. The number of urea groups is 1. The Morgan fingerprint density at radius 3 is 2.30 bits per heavy atom. The van der Waals surface area contributed by atoms with E-state index >= 15 is 0 Å². The molecule has 1 fully saturated rings. The van der Waals surface area contributed by atoms with E-state index in [9.17, 15) is 4.79 Å². The molecule has 0 aliphatic heterocycles. The fourth-order valence-corrected chi connectivity index (χ4v) is 2.80. The lowest BCUT2D eigenvalue weighted by Crippen LogP contribution is -2.40. The van der Waals surface area contributed by atoms with Crippen LogP contribution in [0.4, 0.5) is 10.5 Å². The van der Waals surface area contributed by atoms with E-state index in [0.29, 0.717) is 5.92 Å². The Bertz CT molecular complexity index is 500. The first-order valence-electron chi connectivity index (χ1n) is 8.33. The van der Waals surface area contributed by atoms with Crippen LogP contribution >= 0.6 is 0 Å². The Morgan fingerprint density at radius 2 is 1.78 bits per heavy atom. The Balaban J connectivity index is 1.79. The van der Waals surface area contributed by atoms with Crippen LogP contribution in [0.3, 0.4) is 0 Å². The monoisotopic (exact) mass is 320 g/mol. The maximum absolute atomic E-state index is 12.0. The molecule has 2 amide bonds. The largest absolute Gasteiger partial charge is 0.488 e. The van der Waals surface area contributed by atoms with E-state index in [1.54, 1.807) is 0 Å². The summed E-state index contributed by atoms with van der Waals surface area (Å²) in [5.41, 5.74) is 0.507. The van der Waals surface area contributed by atoms with E-state index in [-0.39, 0.29) is 24.3 Å². The third-order valence-electron chi connectivity index (χ3n) is 3.98. The van der Waals surface area contributed by atoms with Gasteiger partial charge in [-0.3, -0.25) is 0 Å². The zero-order valence-corrected chi connectivity index (χ0v) is 14.3. The summed E-state index contributed by atoms with van der Waals surface area (Å²) in [7, 11) is 0. The molecule has 1 aromatic carbocycles. The first kappa shape index (κ1) is 17.6. The fourth-order valence-electron chi connectivity index (χ4n) is 2.80. The van der Waals surface area contributed by atoms with Crippen LogP contribution in [0.15, 0.2) is 24.3 Å². The molecule has 1 aliphatic carbocycles. The average Bonchev–Trinajstić information content (AvgIpc) is 2.48. The maximum atomic E-state index is 12.0. The van der Waals surface area contributed by atoms with Gasteiger partial charge in [0.1, 0.15) is 11.4 Å². The molecule has 0 saturated heterocycles. The highest BCUT2D eigenvalue weighted by molar-refractivity contribution is 5.89. The number of carbonyl (C=O) groups excluding carboxylic acids is 1. The quantitative estimate of drug-likeness (QED) is 0.794. The van der Waals surface area contributed by atoms with Crippen molar-refractivity contribution >= 4 is 11.7 Å². The Labute approximate surface area is 138 Å². The van der Waals surface area contributed by atoms with Gasteiger partial charge in [-0.2, -0.15) is 0 Å². The fraction of sp³-hybridized carbons (Fsp3) is 0.611. The summed E-state index contributed by atoms with van der Waals surface area (Å²) in [5, 5.41) is 15.0. The molecular formula is C18H28N2O3. The van der Waals surface area contributed by atoms with Crippen molar-refractivity contribution in [3.8, 4) is 5.75 Å². The van der Waals surface area contributed by atoms with Gasteiger partial charge >= 0.3 is 6.03 Å². The first-order chi connectivity index (χ1) is 10.9. The van der Waals surface area contributed by atoms with E-state index in [4.69, 9.17) is 9.84 Å². The molecule has 0 spiro atoms. The highest BCUT2D eigenvalue weighted by Crippen LogP contribution is 2.24. The highest BCUT2D eigenvalue weighted by atomic mass is 16.5. The minimum absolute atomic E-state index is 0.179. The van der Waals surface area contributed by atoms with Gasteiger partial charge in [-0.1, -0.05) is 0 Å². The van der Waals surface area contributed by atoms with Gasteiger partial charge in [0, 0.05) is 18.3 Å². The molecule has 0 heterocycles. The van der Waals surface area contributed by atoms with Crippen molar-refractivity contribution in [3.63, 3.8) is 0 Å². The summed E-state index contributed by atoms with van der Waals surface area (Å²) in [4.78, 5) is 12.0. The number of aliphatic hydroxyl groups excluding tert-OH is 1. The molecule has 2 rings (SSSR count). The summed E-state index contributed by atoms with van der Waals surface area (Å²) >= 11 is 0. The van der Waals surface area contributed by atoms with Crippen LogP contribution in [0, 0.1) is 5.92 Å². The van der Waals surface area contributed by atoms with Crippen molar-refractivity contribution in [2.24, 2.45) is 5.92 Å². The van der Waals surface area contributed by atoms with Crippen molar-refractivity contribution in [2.75, 3.05) is 11.9 Å². The molecule has 0 bridgehead atoms. The van der Waals surface area contributed by atoms with E-state index in [1.165, 1.54) is 0 Å². The molecule has 5 nitrogen and oxygen atoms in total. The van der Waals surface area contributed by atoms with Gasteiger partial charge < -0.3 is 20.5 Å². The lowest BCUT2D eigenvalue weighted by Gasteiger charge is -2.28. The lowest BCUT2D eigenvalue weighted by molar-refractivity contribution is 0.131. The van der Waals surface area contributed by atoms with Crippen molar-refractivity contribution in [1.82, 2.24) is 5.32 Å². The maximum Gasteiger partial charge on any atom is 0.319 e. The van der Waals surface area contributed by atoms with Crippen LogP contribution in [0.5, 0.6) is 5.75 Å². The Hall–Kier alpha value is -1.75. The van der Waals surface area contributed by atoms with E-state index in [1.807, 2.05) is 45.0 Å². The number of benzene rings is 1. The second-order valence-corrected chi connectivity index (χ2v) is 7.24. The van der Waals surface area contributed by atoms with Gasteiger partial charge in [-0.15, -0.1) is 0 Å². The van der Waals surface area contributed by atoms with E-state index < -0.39 is 0 Å². The van der Waals surface area contributed by atoms with Gasteiger partial charge in [-0.05, 0) is 76.6 Å². The summed E-state index contributed by atoms with van der Waals surface area (Å²) in [6.45, 7) is 6.25. The second kappa shape index (κ2) is 7.68. The summed E-state index contributed by atoms with van der Waals surface area (Å²) in [6.07, 6.45) is 3.80. The molecule has 0 unspecified atom stereocenters. The molecule has 0 radical (unpaired) electrons. The number of hydrogen-bond acceptors (Lipinski definition) is 3. The van der Waals surface area contributed by atoms with Gasteiger partial charge in [0.2, 0.25) is 0 Å². The van der Waals surface area contributed by atoms with Crippen molar-refractivity contribution < 1.29 is 14.6 Å². The molecule has 0 aromatic heterocycles. The molecule has 3 N–H and O–H groups in total. The predicted molar refractivity (Wildman–Crippen MR) is 91.8 cm³/mol. The molecular weight excluding hydrogens is 292 g/mol. The van der Waals surface area contributed by atoms with Gasteiger partial charge in [0.05, 0.1) is 0 Å². The standard InChI is InChI=1S/C18H28N2O3/c1-18(2,3)23-16-10-8-15(9-11-16)20-17(22)19-14-6-4-13(12-21)5-7-14/h8-11,13-14,21H,4-7,12H2,1-3H3,(H2,19,20,22). The molecule has 1 aromatic rings. The summed E-state index contributed by atoms with van der Waals surface area (Å²) in [5.74, 6) is 1.18. The third kappa shape index (κ3) is 6.10. The number of hydrogen-bond donors (Lipinski definition) is 3. The highest BCUT2D eigenvalue weighted by Gasteiger charge is 2.21. The third-order valence-corrected chi connectivity index (χ3v) is 3.98. The van der Waals surface area contributed by atoms with Gasteiger partial charge in [0.25, 0.3) is 0 Å². The second-order valence-electron chi connectivity index (χ2n) is 7.24. The van der Waals surface area contributed by atoms with Crippen LogP contribution in [-0.2, 0) is 0 Å². The van der Waals surface area contributed by atoms with Crippen LogP contribution in [-0.4, -0.2) is 29.4 Å². The molecule has 5 heteroatoms. The molecule has 1 saturated carbocycles. The average molecular weight is 320 g/mol. The number of carbonyl (C=O) groups is 1. The van der Waals surface area contributed by atoms with Crippen LogP contribution < -0.4 is 15.4 Å². The topological polar surface area (TPSA) is 70.6 Å². The first-order valence-corrected chi connectivity index (χ1v) is 8.33. The number of amides is 2. The molecule has 128 valence electrons. The smallest absolute Gasteiger partial charge is 0.319 e. The van der Waals surface area contributed by atoms with E-state index in [0.717, 1.165) is 37.1 Å². The van der Waals surface area contributed by atoms with Crippen molar-refractivity contribution in [1.29, 1.82) is 0 Å². The SMILES string of the molecule is CC(C)(C)Oc1ccc(NC(=O)NC2CCC(CO)CC2)cc1. The van der Waals surface area contributed by atoms with Crippen LogP contribution in [0.2, 0.25) is 0 Å².